The molecule has 2 aromatic heterocycles. The predicted molar refractivity (Wildman–Crippen MR) is 156 cm³/mol. The summed E-state index contributed by atoms with van der Waals surface area (Å²) >= 11 is 0. The number of rotatable bonds is 6. The van der Waals surface area contributed by atoms with Gasteiger partial charge in [0.05, 0.1) is 0 Å². The van der Waals surface area contributed by atoms with Gasteiger partial charge >= 0.3 is 0 Å². The molecule has 6 aromatic rings. The van der Waals surface area contributed by atoms with E-state index >= 15 is 0 Å². The summed E-state index contributed by atoms with van der Waals surface area (Å²) in [5.41, 5.74) is 5.67. The minimum Gasteiger partial charge on any atom is -0.305 e. The van der Waals surface area contributed by atoms with Crippen LogP contribution < -0.4 is 0 Å². The van der Waals surface area contributed by atoms with Crippen LogP contribution in [0.4, 0.5) is 0 Å². The van der Waals surface area contributed by atoms with Crippen LogP contribution in [0.2, 0.25) is 0 Å². The van der Waals surface area contributed by atoms with Crippen molar-refractivity contribution in [3.63, 3.8) is 0 Å². The summed E-state index contributed by atoms with van der Waals surface area (Å²) < 4.78 is 33.6. The minimum absolute atomic E-state index is 0. The summed E-state index contributed by atoms with van der Waals surface area (Å²) in [4.78, 5) is 8.61. The quantitative estimate of drug-likeness (QED) is 0.165. The first kappa shape index (κ1) is 22.8. The Bertz CT molecular complexity index is 1590. The topological polar surface area (TPSA) is 25.8 Å². The van der Waals surface area contributed by atoms with Crippen LogP contribution in [0.1, 0.15) is 27.7 Å². The number of pyridine rings is 2. The Morgan fingerprint density at radius 3 is 1.74 bits per heavy atom. The van der Waals surface area contributed by atoms with Crippen LogP contribution in [0.25, 0.3) is 22.5 Å². The third kappa shape index (κ3) is 8.41. The van der Waals surface area contributed by atoms with Gasteiger partial charge in [-0.1, -0.05) is 78.9 Å². The molecule has 0 unspecified atom stereocenters. The summed E-state index contributed by atoms with van der Waals surface area (Å²) in [5, 5.41) is 0. The number of hydrogen-bond acceptors (Lipinski definition) is 2. The second kappa shape index (κ2) is 14.7. The average molecular weight is 685 g/mol. The van der Waals surface area contributed by atoms with E-state index in [1.807, 2.05) is 84.9 Å². The van der Waals surface area contributed by atoms with Crippen molar-refractivity contribution >= 4 is 0 Å². The zero-order valence-electron chi connectivity index (χ0n) is 25.1. The van der Waals surface area contributed by atoms with E-state index in [2.05, 4.69) is 22.1 Å². The summed E-state index contributed by atoms with van der Waals surface area (Å²) in [6.45, 7) is 0. The third-order valence-corrected chi connectivity index (χ3v) is 5.61. The van der Waals surface area contributed by atoms with Gasteiger partial charge in [-0.2, -0.15) is 0 Å². The molecule has 6 rings (SSSR count). The summed E-state index contributed by atoms with van der Waals surface area (Å²) in [5.74, 6) is 0. The van der Waals surface area contributed by atoms with E-state index in [4.69, 9.17) is 5.48 Å². The molecule has 0 atom stereocenters. The number of aromatic nitrogens is 2. The molecule has 2 heterocycles. The van der Waals surface area contributed by atoms with Crippen LogP contribution in [0.3, 0.4) is 0 Å². The van der Waals surface area contributed by atoms with Crippen molar-refractivity contribution in [1.29, 1.82) is 0 Å². The first-order valence-electron chi connectivity index (χ1n) is 14.3. The van der Waals surface area contributed by atoms with E-state index in [1.165, 1.54) is 0 Å². The van der Waals surface area contributed by atoms with E-state index in [-0.39, 0.29) is 20.1 Å². The number of benzene rings is 4. The molecule has 0 aliphatic heterocycles. The molecular formula is C36H28IrN2-2. The maximum absolute atomic E-state index is 8.40. The Labute approximate surface area is 250 Å². The van der Waals surface area contributed by atoms with Crippen molar-refractivity contribution in [1.82, 2.24) is 9.97 Å². The molecule has 0 aliphatic carbocycles. The molecule has 0 spiro atoms. The molecule has 4 aromatic carbocycles. The second-order valence-corrected chi connectivity index (χ2v) is 8.39. The van der Waals surface area contributed by atoms with Crippen LogP contribution in [-0.4, -0.2) is 9.97 Å². The molecule has 0 saturated carbocycles. The molecule has 193 valence electrons. The van der Waals surface area contributed by atoms with Crippen LogP contribution in [0.15, 0.2) is 146 Å². The standard InChI is InChI=1S/2C18H14N.Ir/c1-3-7-15(8-4-1)13-16-11-12-19-18(14-16)17-9-5-2-6-10-17;1-2-7-15(8-3-1)13-16-9-6-10-17(14-16)18-11-4-5-12-19-18;/h2*1-9,11-12,14H,13H2;/q2*-1;/i2*13D2;. The van der Waals surface area contributed by atoms with Gasteiger partial charge in [-0.05, 0) is 53.0 Å². The Morgan fingerprint density at radius 1 is 0.487 bits per heavy atom. The van der Waals surface area contributed by atoms with Gasteiger partial charge in [-0.25, -0.2) is 0 Å². The maximum Gasteiger partial charge on any atom is 0.0365 e. The van der Waals surface area contributed by atoms with Crippen LogP contribution in [-0.2, 0) is 32.9 Å². The van der Waals surface area contributed by atoms with E-state index in [0.29, 0.717) is 22.3 Å². The van der Waals surface area contributed by atoms with Gasteiger partial charge in [0.2, 0.25) is 0 Å². The molecule has 0 aliphatic rings. The smallest absolute Gasteiger partial charge is 0.0365 e. The van der Waals surface area contributed by atoms with Crippen molar-refractivity contribution < 1.29 is 25.6 Å². The molecule has 0 bridgehead atoms. The van der Waals surface area contributed by atoms with E-state index < -0.39 is 12.7 Å². The number of nitrogens with zero attached hydrogens (tertiary/aromatic N) is 2. The number of hydrogen-bond donors (Lipinski definition) is 0. The first-order valence-corrected chi connectivity index (χ1v) is 12.3. The summed E-state index contributed by atoms with van der Waals surface area (Å²) in [6.07, 6.45) is 0.279. The van der Waals surface area contributed by atoms with Gasteiger partial charge in [0, 0.05) is 38.0 Å². The molecule has 1 radical (unpaired) electrons. The van der Waals surface area contributed by atoms with Crippen LogP contribution >= 0.6 is 0 Å². The SMILES string of the molecule is [2H]C([2H])(c1ccccc1)c1cc[c-]c(-c2ccccn2)c1.[2H]C([2H])(c1ccccc1)c1ccnc(-c2[c-]cccc2)c1.[Ir]. The second-order valence-electron chi connectivity index (χ2n) is 8.39. The van der Waals surface area contributed by atoms with Gasteiger partial charge in [0.25, 0.3) is 0 Å². The van der Waals surface area contributed by atoms with Crippen molar-refractivity contribution in [2.75, 3.05) is 0 Å². The monoisotopic (exact) mass is 685 g/mol. The largest absolute Gasteiger partial charge is 0.305 e. The van der Waals surface area contributed by atoms with Crippen molar-refractivity contribution in [2.24, 2.45) is 0 Å². The predicted octanol–water partition coefficient (Wildman–Crippen LogP) is 8.28. The molecule has 3 heteroatoms. The van der Waals surface area contributed by atoms with Gasteiger partial charge in [-0.15, -0.1) is 71.3 Å². The molecule has 2 nitrogen and oxygen atoms in total. The normalized spacial score (nSPS) is 12.3. The van der Waals surface area contributed by atoms with Gasteiger partial charge < -0.3 is 9.97 Å². The van der Waals surface area contributed by atoms with E-state index in [9.17, 15) is 0 Å². The van der Waals surface area contributed by atoms with Gasteiger partial charge in [0.1, 0.15) is 0 Å². The molecule has 0 fully saturated rings. The maximum atomic E-state index is 8.40. The Morgan fingerprint density at radius 2 is 1.10 bits per heavy atom. The minimum atomic E-state index is -1.55. The van der Waals surface area contributed by atoms with Crippen LogP contribution in [0.5, 0.6) is 0 Å². The molecular weight excluding hydrogens is 653 g/mol. The summed E-state index contributed by atoms with van der Waals surface area (Å²) in [7, 11) is 0. The fourth-order valence-electron chi connectivity index (χ4n) is 3.80. The first-order chi connectivity index (χ1) is 20.4. The molecule has 0 N–H and O–H groups in total. The molecule has 39 heavy (non-hydrogen) atoms. The van der Waals surface area contributed by atoms with Gasteiger partial charge in [-0.3, -0.25) is 0 Å². The zero-order valence-corrected chi connectivity index (χ0v) is 23.5. The van der Waals surface area contributed by atoms with Crippen molar-refractivity contribution in [2.45, 2.75) is 12.7 Å². The Hall–Kier alpha value is -4.17. The van der Waals surface area contributed by atoms with Crippen LogP contribution in [0, 0.1) is 12.1 Å². The van der Waals surface area contributed by atoms with E-state index in [0.717, 1.165) is 22.5 Å². The fraction of sp³-hybridized carbons (Fsp3) is 0.0556. The van der Waals surface area contributed by atoms with Crippen molar-refractivity contribution in [3.8, 4) is 22.5 Å². The molecule has 0 saturated heterocycles. The molecule has 0 amide bonds. The third-order valence-electron chi connectivity index (χ3n) is 5.61. The Kier molecular flexibility index (Phi) is 8.58. The zero-order chi connectivity index (χ0) is 29.4. The van der Waals surface area contributed by atoms with E-state index in [1.54, 1.807) is 60.9 Å². The fourth-order valence-corrected chi connectivity index (χ4v) is 3.80. The summed E-state index contributed by atoms with van der Waals surface area (Å²) in [6, 6.07) is 46.7. The van der Waals surface area contributed by atoms with Gasteiger partial charge in [0.15, 0.2) is 0 Å². The average Bonchev–Trinajstić information content (AvgIpc) is 3.07. The Balaban J connectivity index is 0.000000192. The van der Waals surface area contributed by atoms with Crippen molar-refractivity contribution in [3.05, 3.63) is 180 Å².